The van der Waals surface area contributed by atoms with Gasteiger partial charge in [-0.2, -0.15) is 4.98 Å². The highest BCUT2D eigenvalue weighted by molar-refractivity contribution is 6.55. The number of aromatic nitrogens is 1. The van der Waals surface area contributed by atoms with E-state index in [1.54, 1.807) is 30.3 Å². The van der Waals surface area contributed by atoms with E-state index in [-0.39, 0.29) is 17.2 Å². The zero-order chi connectivity index (χ0) is 20.8. The molecule has 0 bridgehead atoms. The molecule has 0 fully saturated rings. The van der Waals surface area contributed by atoms with Gasteiger partial charge in [-0.25, -0.2) is 0 Å². The predicted octanol–water partition coefficient (Wildman–Crippen LogP) is 7.33. The van der Waals surface area contributed by atoms with Crippen molar-refractivity contribution in [2.45, 2.75) is 6.42 Å². The minimum absolute atomic E-state index is 0.117. The number of hydrogen-bond acceptors (Lipinski definition) is 5. The molecule has 2 aromatic carbocycles. The third kappa shape index (κ3) is 6.49. The van der Waals surface area contributed by atoms with Crippen LogP contribution in [-0.2, 0) is 0 Å². The van der Waals surface area contributed by atoms with Gasteiger partial charge >= 0.3 is 6.08 Å². The first-order chi connectivity index (χ1) is 13.9. The topological polar surface area (TPSA) is 53.7 Å². The third-order valence-electron chi connectivity index (χ3n) is 3.55. The molecular formula is C19H14Cl5NO4. The van der Waals surface area contributed by atoms with Gasteiger partial charge in [0.25, 0.3) is 0 Å². The van der Waals surface area contributed by atoms with Crippen LogP contribution < -0.4 is 14.2 Å². The van der Waals surface area contributed by atoms with Crippen molar-refractivity contribution in [2.24, 2.45) is 0 Å². The molecule has 3 aromatic rings. The molecule has 0 atom stereocenters. The molecular weight excluding hydrogens is 483 g/mol. The number of fused-ring (bicyclic) bond motifs is 1. The first-order valence-electron chi connectivity index (χ1n) is 8.37. The molecule has 0 radical (unpaired) electrons. The summed E-state index contributed by atoms with van der Waals surface area (Å²) in [6.07, 6.45) is 2.23. The highest BCUT2D eigenvalue weighted by Crippen LogP contribution is 2.37. The second-order valence-corrected chi connectivity index (χ2v) is 7.92. The molecule has 0 spiro atoms. The van der Waals surface area contributed by atoms with Crippen LogP contribution >= 0.6 is 58.0 Å². The number of benzene rings is 2. The molecule has 0 aliphatic rings. The van der Waals surface area contributed by atoms with Crippen molar-refractivity contribution in [2.75, 3.05) is 19.8 Å². The summed E-state index contributed by atoms with van der Waals surface area (Å²) in [7, 11) is 0. The SMILES string of the molecule is ClC(Cl)=CCOc1cc(Cl)c(OCCCOc2nc3ccc(Cl)cc3o2)c(Cl)c1. The average Bonchev–Trinajstić information content (AvgIpc) is 3.05. The van der Waals surface area contributed by atoms with Gasteiger partial charge in [0.15, 0.2) is 11.3 Å². The Morgan fingerprint density at radius 1 is 0.966 bits per heavy atom. The van der Waals surface area contributed by atoms with Gasteiger partial charge in [0.2, 0.25) is 0 Å². The summed E-state index contributed by atoms with van der Waals surface area (Å²) in [6, 6.07) is 8.36. The van der Waals surface area contributed by atoms with E-state index in [9.17, 15) is 0 Å². The Morgan fingerprint density at radius 3 is 2.41 bits per heavy atom. The van der Waals surface area contributed by atoms with E-state index < -0.39 is 0 Å². The summed E-state index contributed by atoms with van der Waals surface area (Å²) in [4.78, 5) is 4.22. The second kappa shape index (κ2) is 10.5. The van der Waals surface area contributed by atoms with Crippen molar-refractivity contribution in [3.8, 4) is 17.6 Å². The first-order valence-corrected chi connectivity index (χ1v) is 10.3. The quantitative estimate of drug-likeness (QED) is 0.290. The standard InChI is InChI=1S/C19H14Cl5NO4/c20-11-2-3-15-16(8-11)29-19(25-15)28-6-1-5-27-18-13(21)9-12(10-14(18)22)26-7-4-17(23)24/h2-4,8-10H,1,5-7H2. The van der Waals surface area contributed by atoms with Crippen LogP contribution in [0.4, 0.5) is 0 Å². The van der Waals surface area contributed by atoms with Gasteiger partial charge in [-0.05, 0) is 18.2 Å². The normalized spacial score (nSPS) is 10.8. The number of hydrogen-bond donors (Lipinski definition) is 0. The third-order valence-corrected chi connectivity index (χ3v) is 4.66. The van der Waals surface area contributed by atoms with Gasteiger partial charge in [-0.15, -0.1) is 0 Å². The Bertz CT molecular complexity index is 994. The molecule has 1 aromatic heterocycles. The van der Waals surface area contributed by atoms with Crippen LogP contribution in [0.25, 0.3) is 11.1 Å². The molecule has 0 amide bonds. The molecule has 0 unspecified atom stereocenters. The van der Waals surface area contributed by atoms with Crippen molar-refractivity contribution < 1.29 is 18.6 Å². The number of ether oxygens (including phenoxy) is 3. The lowest BCUT2D eigenvalue weighted by molar-refractivity contribution is 0.205. The molecule has 1 heterocycles. The summed E-state index contributed by atoms with van der Waals surface area (Å²) in [6.45, 7) is 0.855. The van der Waals surface area contributed by atoms with Gasteiger partial charge in [-0.1, -0.05) is 58.0 Å². The monoisotopic (exact) mass is 495 g/mol. The Hall–Kier alpha value is -1.50. The van der Waals surface area contributed by atoms with Gasteiger partial charge in [0.1, 0.15) is 22.4 Å². The van der Waals surface area contributed by atoms with E-state index in [1.807, 2.05) is 0 Å². The highest BCUT2D eigenvalue weighted by atomic mass is 35.5. The van der Waals surface area contributed by atoms with Crippen molar-refractivity contribution in [3.05, 3.63) is 56.0 Å². The lowest BCUT2D eigenvalue weighted by Crippen LogP contribution is -2.06. The fourth-order valence-electron chi connectivity index (χ4n) is 2.29. The maximum Gasteiger partial charge on any atom is 0.394 e. The van der Waals surface area contributed by atoms with Crippen LogP contribution in [0.3, 0.4) is 0 Å². The summed E-state index contributed by atoms with van der Waals surface area (Å²) in [5.41, 5.74) is 1.23. The molecule has 0 saturated heterocycles. The zero-order valence-corrected chi connectivity index (χ0v) is 18.5. The van der Waals surface area contributed by atoms with Crippen molar-refractivity contribution in [1.82, 2.24) is 4.98 Å². The molecule has 10 heteroatoms. The van der Waals surface area contributed by atoms with E-state index in [0.717, 1.165) is 0 Å². The fraction of sp³-hybridized carbons (Fsp3) is 0.211. The van der Waals surface area contributed by atoms with Crippen LogP contribution in [0.2, 0.25) is 15.1 Å². The highest BCUT2D eigenvalue weighted by Gasteiger charge is 2.11. The predicted molar refractivity (Wildman–Crippen MR) is 116 cm³/mol. The van der Waals surface area contributed by atoms with Crippen LogP contribution in [-0.4, -0.2) is 24.8 Å². The maximum absolute atomic E-state index is 6.22. The number of nitrogens with zero attached hydrogens (tertiary/aromatic N) is 1. The average molecular weight is 498 g/mol. The molecule has 5 nitrogen and oxygen atoms in total. The Balaban J connectivity index is 1.47. The molecule has 0 aliphatic carbocycles. The summed E-state index contributed by atoms with van der Waals surface area (Å²) < 4.78 is 22.2. The lowest BCUT2D eigenvalue weighted by atomic mass is 10.3. The van der Waals surface area contributed by atoms with E-state index in [0.29, 0.717) is 57.3 Å². The van der Waals surface area contributed by atoms with Crippen LogP contribution in [0.5, 0.6) is 17.6 Å². The Labute approximate surface area is 192 Å². The minimum Gasteiger partial charge on any atom is -0.490 e. The summed E-state index contributed by atoms with van der Waals surface area (Å²) >= 11 is 29.4. The Kier molecular flexibility index (Phi) is 8.04. The van der Waals surface area contributed by atoms with E-state index >= 15 is 0 Å². The minimum atomic E-state index is 0.117. The molecule has 3 rings (SSSR count). The van der Waals surface area contributed by atoms with Crippen molar-refractivity contribution in [1.29, 1.82) is 0 Å². The first kappa shape index (κ1) is 22.2. The van der Waals surface area contributed by atoms with Gasteiger partial charge in [0, 0.05) is 29.6 Å². The second-order valence-electron chi connectivity index (χ2n) is 5.66. The number of halogens is 5. The molecule has 0 aliphatic heterocycles. The Morgan fingerprint density at radius 2 is 1.69 bits per heavy atom. The zero-order valence-electron chi connectivity index (χ0n) is 14.8. The van der Waals surface area contributed by atoms with E-state index in [1.165, 1.54) is 6.08 Å². The van der Waals surface area contributed by atoms with Gasteiger partial charge in [-0.3, -0.25) is 0 Å². The maximum atomic E-state index is 6.22. The van der Waals surface area contributed by atoms with Crippen molar-refractivity contribution >= 4 is 69.1 Å². The van der Waals surface area contributed by atoms with Crippen LogP contribution in [0.1, 0.15) is 6.42 Å². The van der Waals surface area contributed by atoms with E-state index in [2.05, 4.69) is 4.98 Å². The van der Waals surface area contributed by atoms with Crippen LogP contribution in [0.15, 0.2) is 45.3 Å². The summed E-state index contributed by atoms with van der Waals surface area (Å²) in [5, 5.41) is 1.22. The van der Waals surface area contributed by atoms with Crippen LogP contribution in [0, 0.1) is 0 Å². The number of oxazole rings is 1. The molecule has 0 N–H and O–H groups in total. The van der Waals surface area contributed by atoms with E-state index in [4.69, 9.17) is 76.6 Å². The largest absolute Gasteiger partial charge is 0.490 e. The lowest BCUT2D eigenvalue weighted by Gasteiger charge is -2.12. The molecule has 0 saturated carbocycles. The fourth-order valence-corrected chi connectivity index (χ4v) is 3.15. The van der Waals surface area contributed by atoms with Gasteiger partial charge < -0.3 is 18.6 Å². The number of rotatable bonds is 9. The van der Waals surface area contributed by atoms with Gasteiger partial charge in [0.05, 0.1) is 23.3 Å². The molecule has 154 valence electrons. The van der Waals surface area contributed by atoms with Crippen molar-refractivity contribution in [3.63, 3.8) is 0 Å². The molecule has 29 heavy (non-hydrogen) atoms. The summed E-state index contributed by atoms with van der Waals surface area (Å²) in [5.74, 6) is 0.834. The smallest absolute Gasteiger partial charge is 0.394 e.